The van der Waals surface area contributed by atoms with E-state index in [0.29, 0.717) is 4.47 Å². The van der Waals surface area contributed by atoms with Gasteiger partial charge in [-0.2, -0.15) is 0 Å². The number of nitrogens with zero attached hydrogens (tertiary/aromatic N) is 4. The van der Waals surface area contributed by atoms with Crippen molar-refractivity contribution in [2.24, 2.45) is 14.1 Å². The summed E-state index contributed by atoms with van der Waals surface area (Å²) in [7, 11) is 3.91. The molecule has 191 valence electrons. The number of halogens is 3. The van der Waals surface area contributed by atoms with Gasteiger partial charge in [0.1, 0.15) is 11.6 Å². The maximum atomic E-state index is 13.1. The molecule has 4 aromatic carbocycles. The first-order valence-corrected chi connectivity index (χ1v) is 11.7. The summed E-state index contributed by atoms with van der Waals surface area (Å²) >= 11 is 3.38. The fourth-order valence-corrected chi connectivity index (χ4v) is 4.52. The van der Waals surface area contributed by atoms with Gasteiger partial charge in [0.15, 0.2) is 0 Å². The summed E-state index contributed by atoms with van der Waals surface area (Å²) < 4.78 is 30.7. The summed E-state index contributed by atoms with van der Waals surface area (Å²) in [5.41, 5.74) is 5.66. The molecule has 0 spiro atoms. The van der Waals surface area contributed by atoms with Crippen LogP contribution in [0.25, 0.3) is 44.8 Å². The first-order valence-electron chi connectivity index (χ1n) is 10.9. The minimum Gasteiger partial charge on any atom is -0.367 e. The van der Waals surface area contributed by atoms with Gasteiger partial charge in [-0.15, -0.1) is 29.8 Å². The topological polar surface area (TPSA) is 35.6 Å². The van der Waals surface area contributed by atoms with Crippen LogP contribution >= 0.6 is 15.9 Å². The normalized spacial score (nSPS) is 10.4. The molecule has 0 fully saturated rings. The molecule has 0 saturated heterocycles. The van der Waals surface area contributed by atoms with Gasteiger partial charge in [0.25, 0.3) is 0 Å². The van der Waals surface area contributed by atoms with Gasteiger partial charge >= 0.3 is 0 Å². The number of imidazole rings is 2. The zero-order chi connectivity index (χ0) is 24.5. The molecule has 1 radical (unpaired) electrons. The average molecular weight is 739 g/mol. The van der Waals surface area contributed by atoms with Crippen molar-refractivity contribution in [3.63, 3.8) is 0 Å². The second-order valence-electron chi connectivity index (χ2n) is 8.01. The van der Waals surface area contributed by atoms with E-state index in [1.54, 1.807) is 12.1 Å². The predicted molar refractivity (Wildman–Crippen MR) is 145 cm³/mol. The third kappa shape index (κ3) is 5.72. The maximum Gasteiger partial charge on any atom is 0.142 e. The Morgan fingerprint density at radius 2 is 1.27 bits per heavy atom. The van der Waals surface area contributed by atoms with Gasteiger partial charge < -0.3 is 9.13 Å². The van der Waals surface area contributed by atoms with E-state index in [1.807, 2.05) is 71.8 Å². The largest absolute Gasteiger partial charge is 0.367 e. The van der Waals surface area contributed by atoms with E-state index in [0.717, 1.165) is 44.8 Å². The third-order valence-corrected chi connectivity index (χ3v) is 6.42. The van der Waals surface area contributed by atoms with Crippen LogP contribution in [0.4, 0.5) is 8.78 Å². The van der Waals surface area contributed by atoms with Crippen LogP contribution in [0.3, 0.4) is 0 Å². The summed E-state index contributed by atoms with van der Waals surface area (Å²) in [6.45, 7) is 0. The molecule has 0 amide bonds. The molecule has 4 nitrogen and oxygen atoms in total. The van der Waals surface area contributed by atoms with Gasteiger partial charge in [-0.25, -0.2) is 9.37 Å². The molecule has 0 bridgehead atoms. The van der Waals surface area contributed by atoms with Crippen molar-refractivity contribution in [3.8, 4) is 22.8 Å². The second kappa shape index (κ2) is 11.9. The molecule has 0 unspecified atom stereocenters. The van der Waals surface area contributed by atoms with E-state index in [-0.39, 0.29) is 39.2 Å². The van der Waals surface area contributed by atoms with Crippen LogP contribution < -0.4 is 0 Å². The minimum atomic E-state index is -0.285. The molecule has 2 heterocycles. The molecule has 0 aliphatic rings. The Labute approximate surface area is 236 Å². The number of rotatable bonds is 2. The molecule has 0 saturated carbocycles. The van der Waals surface area contributed by atoms with Gasteiger partial charge in [-0.1, -0.05) is 31.7 Å². The molecule has 2 aromatic heterocycles. The Kier molecular flexibility index (Phi) is 9.13. The number of aryl methyl sites for hydroxylation is 2. The van der Waals surface area contributed by atoms with Crippen molar-refractivity contribution in [2.45, 2.75) is 7.43 Å². The quantitative estimate of drug-likeness (QED) is 0.169. The van der Waals surface area contributed by atoms with E-state index in [9.17, 15) is 8.78 Å². The molecular weight excluding hydrogens is 714 g/mol. The summed E-state index contributed by atoms with van der Waals surface area (Å²) in [6.07, 6.45) is 0. The fraction of sp³-hybridized carbons (Fsp3) is 0.103. The third-order valence-electron chi connectivity index (χ3n) is 5.76. The summed E-state index contributed by atoms with van der Waals surface area (Å²) in [5, 5.41) is 0. The summed E-state index contributed by atoms with van der Waals surface area (Å²) in [6, 6.07) is 27.8. The SMILES string of the molecule is C.Cn1c(-c2[c-]cc(F)cc2)nc2ccccc21.Cn1c(-c2ccc(F)cc2Br)nc2ccccc21.[Ir]. The molecule has 37 heavy (non-hydrogen) atoms. The molecular formula is C29H24BrF2IrN4-. The zero-order valence-electron chi connectivity index (χ0n) is 19.3. The van der Waals surface area contributed by atoms with Gasteiger partial charge in [0.05, 0.1) is 27.9 Å². The summed E-state index contributed by atoms with van der Waals surface area (Å²) in [5.74, 6) is 1.08. The van der Waals surface area contributed by atoms with Gasteiger partial charge in [-0.3, -0.25) is 9.37 Å². The Balaban J connectivity index is 0.000000195. The van der Waals surface area contributed by atoms with Crippen LogP contribution in [0.15, 0.2) is 89.4 Å². The number of benzene rings is 4. The fourth-order valence-electron chi connectivity index (χ4n) is 3.99. The van der Waals surface area contributed by atoms with Crippen molar-refractivity contribution < 1.29 is 28.9 Å². The van der Waals surface area contributed by atoms with Crippen LogP contribution in [-0.4, -0.2) is 19.1 Å². The molecule has 0 N–H and O–H groups in total. The average Bonchev–Trinajstić information content (AvgIpc) is 3.37. The van der Waals surface area contributed by atoms with Crippen molar-refractivity contribution >= 4 is 38.0 Å². The van der Waals surface area contributed by atoms with Crippen LogP contribution in [0, 0.1) is 17.7 Å². The second-order valence-corrected chi connectivity index (χ2v) is 8.87. The molecule has 0 atom stereocenters. The Morgan fingerprint density at radius 3 is 1.81 bits per heavy atom. The molecule has 0 aliphatic heterocycles. The number of hydrogen-bond donors (Lipinski definition) is 0. The number of para-hydroxylation sites is 4. The van der Waals surface area contributed by atoms with Crippen LogP contribution in [0.1, 0.15) is 7.43 Å². The van der Waals surface area contributed by atoms with E-state index in [1.165, 1.54) is 24.3 Å². The maximum absolute atomic E-state index is 13.1. The van der Waals surface area contributed by atoms with E-state index < -0.39 is 0 Å². The zero-order valence-corrected chi connectivity index (χ0v) is 23.3. The first-order chi connectivity index (χ1) is 16.9. The molecule has 0 aliphatic carbocycles. The van der Waals surface area contributed by atoms with Crippen LogP contribution in [-0.2, 0) is 34.2 Å². The Morgan fingerprint density at radius 1 is 0.730 bits per heavy atom. The number of aromatic nitrogens is 4. The molecule has 8 heteroatoms. The van der Waals surface area contributed by atoms with Crippen molar-refractivity contribution in [2.75, 3.05) is 0 Å². The van der Waals surface area contributed by atoms with E-state index in [2.05, 4.69) is 32.0 Å². The standard InChI is InChI=1S/C14H10BrFN2.C14H10FN2.CH4.Ir/c1-18-13-5-3-2-4-12(13)17-14(18)10-7-6-9(16)8-11(10)15;1-17-13-5-3-2-4-12(13)16-14(17)10-6-8-11(15)9-7-10;;/h2-8H,1H3;2-6,8-9H,1H3;1H4;/q;-1;;. The van der Waals surface area contributed by atoms with Gasteiger partial charge in [0, 0.05) is 50.1 Å². The van der Waals surface area contributed by atoms with Crippen molar-refractivity contribution in [1.82, 2.24) is 19.1 Å². The Bertz CT molecular complexity index is 1660. The van der Waals surface area contributed by atoms with Crippen molar-refractivity contribution in [1.29, 1.82) is 0 Å². The van der Waals surface area contributed by atoms with Crippen LogP contribution in [0.5, 0.6) is 0 Å². The number of fused-ring (bicyclic) bond motifs is 2. The smallest absolute Gasteiger partial charge is 0.142 e. The van der Waals surface area contributed by atoms with Gasteiger partial charge in [-0.05, 0) is 58.4 Å². The van der Waals surface area contributed by atoms with E-state index >= 15 is 0 Å². The summed E-state index contributed by atoms with van der Waals surface area (Å²) in [4.78, 5) is 9.10. The first kappa shape index (κ1) is 28.4. The van der Waals surface area contributed by atoms with Gasteiger partial charge in [0.2, 0.25) is 0 Å². The monoisotopic (exact) mass is 738 g/mol. The molecule has 6 rings (SSSR count). The predicted octanol–water partition coefficient (Wildman–Crippen LogP) is 7.96. The molecule has 6 aromatic rings. The van der Waals surface area contributed by atoms with Crippen molar-refractivity contribution in [3.05, 3.63) is 107 Å². The van der Waals surface area contributed by atoms with Crippen LogP contribution in [0.2, 0.25) is 0 Å². The van der Waals surface area contributed by atoms with E-state index in [4.69, 9.17) is 0 Å². The number of hydrogen-bond acceptors (Lipinski definition) is 2. The Hall–Kier alpha value is -3.19. The minimum absolute atomic E-state index is 0.